The van der Waals surface area contributed by atoms with Crippen LogP contribution in [0.3, 0.4) is 0 Å². The second kappa shape index (κ2) is 6.72. The van der Waals surface area contributed by atoms with Crippen LogP contribution in [0.1, 0.15) is 55.6 Å². The lowest BCUT2D eigenvalue weighted by atomic mass is 10.0. The molecule has 130 valence electrons. The minimum absolute atomic E-state index is 0.0784. The average molecular weight is 333 g/mol. The molecule has 0 aliphatic carbocycles. The fraction of sp³-hybridized carbons (Fsp3) is 0.625. The molecule has 3 rings (SSSR count). The Morgan fingerprint density at radius 2 is 2.17 bits per heavy atom. The van der Waals surface area contributed by atoms with Crippen molar-refractivity contribution in [2.24, 2.45) is 0 Å². The first kappa shape index (κ1) is 16.6. The molecule has 2 aromatic heterocycles. The van der Waals surface area contributed by atoms with Crippen molar-refractivity contribution in [1.82, 2.24) is 25.1 Å². The molecule has 1 N–H and O–H groups in total. The van der Waals surface area contributed by atoms with E-state index in [0.717, 1.165) is 29.9 Å². The van der Waals surface area contributed by atoms with Crippen LogP contribution in [0.4, 0.5) is 0 Å². The van der Waals surface area contributed by atoms with E-state index in [1.165, 1.54) is 0 Å². The van der Waals surface area contributed by atoms with E-state index in [9.17, 15) is 9.90 Å². The first-order valence-electron chi connectivity index (χ1n) is 8.37. The van der Waals surface area contributed by atoms with E-state index in [4.69, 9.17) is 4.52 Å². The predicted molar refractivity (Wildman–Crippen MR) is 85.2 cm³/mol. The number of amides is 1. The molecule has 0 spiro atoms. The highest BCUT2D eigenvalue weighted by atomic mass is 16.5. The second-order valence-electron chi connectivity index (χ2n) is 6.17. The van der Waals surface area contributed by atoms with Crippen LogP contribution >= 0.6 is 0 Å². The zero-order valence-corrected chi connectivity index (χ0v) is 14.3. The fourth-order valence-electron chi connectivity index (χ4n) is 2.89. The molecule has 2 aromatic rings. The number of aromatic nitrogens is 4. The van der Waals surface area contributed by atoms with Crippen molar-refractivity contribution >= 4 is 5.91 Å². The molecule has 1 saturated heterocycles. The Kier molecular flexibility index (Phi) is 4.66. The normalized spacial score (nSPS) is 16.2. The number of carbonyl (C=O) groups excluding carboxylic acids is 1. The number of aliphatic hydroxyl groups excluding tert-OH is 1. The maximum absolute atomic E-state index is 12.5. The van der Waals surface area contributed by atoms with Gasteiger partial charge in [0.15, 0.2) is 0 Å². The smallest absolute Gasteiger partial charge is 0.227 e. The molecule has 1 amide bonds. The quantitative estimate of drug-likeness (QED) is 0.849. The minimum Gasteiger partial charge on any atom is -0.387 e. The van der Waals surface area contributed by atoms with E-state index in [1.807, 2.05) is 13.8 Å². The van der Waals surface area contributed by atoms with E-state index in [-0.39, 0.29) is 11.9 Å². The fourth-order valence-corrected chi connectivity index (χ4v) is 2.89. The summed E-state index contributed by atoms with van der Waals surface area (Å²) >= 11 is 0. The SMILES string of the molecule is CCc1noc(CC)c1CC(=O)N1CC(n2cc(C(C)O)nn2)C1. The third kappa shape index (κ3) is 3.06. The molecule has 0 saturated carbocycles. The van der Waals surface area contributed by atoms with Crippen LogP contribution in [0.25, 0.3) is 0 Å². The first-order chi connectivity index (χ1) is 11.5. The first-order valence-corrected chi connectivity index (χ1v) is 8.37. The van der Waals surface area contributed by atoms with Crippen LogP contribution in [-0.4, -0.2) is 49.2 Å². The summed E-state index contributed by atoms with van der Waals surface area (Å²) in [4.78, 5) is 14.3. The molecule has 8 nitrogen and oxygen atoms in total. The Balaban J connectivity index is 1.59. The van der Waals surface area contributed by atoms with Crippen LogP contribution in [0.2, 0.25) is 0 Å². The summed E-state index contributed by atoms with van der Waals surface area (Å²) in [6.45, 7) is 6.87. The molecule has 1 fully saturated rings. The van der Waals surface area contributed by atoms with Crippen molar-refractivity contribution < 1.29 is 14.4 Å². The Morgan fingerprint density at radius 3 is 2.75 bits per heavy atom. The van der Waals surface area contributed by atoms with Gasteiger partial charge >= 0.3 is 0 Å². The number of hydrogen-bond acceptors (Lipinski definition) is 6. The maximum atomic E-state index is 12.5. The van der Waals surface area contributed by atoms with Gasteiger partial charge < -0.3 is 14.5 Å². The summed E-state index contributed by atoms with van der Waals surface area (Å²) in [6.07, 6.45) is 2.93. The number of likely N-dealkylation sites (tertiary alicyclic amines) is 1. The van der Waals surface area contributed by atoms with Gasteiger partial charge in [-0.2, -0.15) is 0 Å². The molecule has 24 heavy (non-hydrogen) atoms. The number of nitrogens with zero attached hydrogens (tertiary/aromatic N) is 5. The van der Waals surface area contributed by atoms with Gasteiger partial charge in [0, 0.05) is 25.1 Å². The Hall–Kier alpha value is -2.22. The van der Waals surface area contributed by atoms with Crippen molar-refractivity contribution in [3.8, 4) is 0 Å². The van der Waals surface area contributed by atoms with Crippen molar-refractivity contribution in [2.45, 2.75) is 52.2 Å². The molecule has 1 unspecified atom stereocenters. The lowest BCUT2D eigenvalue weighted by Crippen LogP contribution is -2.51. The average Bonchev–Trinajstić information content (AvgIpc) is 3.12. The highest BCUT2D eigenvalue weighted by Gasteiger charge is 2.33. The van der Waals surface area contributed by atoms with Gasteiger partial charge in [0.05, 0.1) is 30.5 Å². The van der Waals surface area contributed by atoms with E-state index in [2.05, 4.69) is 15.5 Å². The van der Waals surface area contributed by atoms with Gasteiger partial charge in [-0.05, 0) is 13.3 Å². The minimum atomic E-state index is -0.634. The molecule has 1 aliphatic rings. The molecule has 1 atom stereocenters. The largest absolute Gasteiger partial charge is 0.387 e. The summed E-state index contributed by atoms with van der Waals surface area (Å²) in [6, 6.07) is 0.118. The second-order valence-corrected chi connectivity index (χ2v) is 6.17. The van der Waals surface area contributed by atoms with E-state index in [1.54, 1.807) is 22.7 Å². The van der Waals surface area contributed by atoms with Gasteiger partial charge in [0.2, 0.25) is 5.91 Å². The van der Waals surface area contributed by atoms with Crippen molar-refractivity contribution in [3.63, 3.8) is 0 Å². The third-order valence-corrected chi connectivity index (χ3v) is 4.48. The molecule has 3 heterocycles. The van der Waals surface area contributed by atoms with Gasteiger partial charge in [-0.3, -0.25) is 4.79 Å². The zero-order valence-electron chi connectivity index (χ0n) is 14.3. The highest BCUT2D eigenvalue weighted by molar-refractivity contribution is 5.80. The van der Waals surface area contributed by atoms with Gasteiger partial charge in [0.25, 0.3) is 0 Å². The lowest BCUT2D eigenvalue weighted by Gasteiger charge is -2.39. The highest BCUT2D eigenvalue weighted by Crippen LogP contribution is 2.24. The van der Waals surface area contributed by atoms with Crippen LogP contribution in [0.5, 0.6) is 0 Å². The van der Waals surface area contributed by atoms with E-state index >= 15 is 0 Å². The van der Waals surface area contributed by atoms with Crippen molar-refractivity contribution in [3.05, 3.63) is 28.9 Å². The van der Waals surface area contributed by atoms with Crippen molar-refractivity contribution in [2.75, 3.05) is 13.1 Å². The number of aryl methyl sites for hydroxylation is 2. The van der Waals surface area contributed by atoms with Gasteiger partial charge in [-0.25, -0.2) is 4.68 Å². The third-order valence-electron chi connectivity index (χ3n) is 4.48. The van der Waals surface area contributed by atoms with Crippen molar-refractivity contribution in [1.29, 1.82) is 0 Å². The molecule has 0 radical (unpaired) electrons. The molecule has 1 aliphatic heterocycles. The van der Waals surface area contributed by atoms with Gasteiger partial charge in [-0.1, -0.05) is 24.2 Å². The lowest BCUT2D eigenvalue weighted by molar-refractivity contribution is -0.136. The summed E-state index contributed by atoms with van der Waals surface area (Å²) < 4.78 is 7.04. The molecule has 0 aromatic carbocycles. The number of rotatable bonds is 6. The molecule has 0 bridgehead atoms. The Bertz CT molecular complexity index is 694. The maximum Gasteiger partial charge on any atom is 0.227 e. The Labute approximate surface area is 140 Å². The number of carbonyl (C=O) groups is 1. The van der Waals surface area contributed by atoms with Gasteiger partial charge in [0.1, 0.15) is 11.5 Å². The topological polar surface area (TPSA) is 97.3 Å². The molecule has 8 heteroatoms. The van der Waals surface area contributed by atoms with Gasteiger partial charge in [-0.15, -0.1) is 5.10 Å². The summed E-state index contributed by atoms with van der Waals surface area (Å²) in [7, 11) is 0. The van der Waals surface area contributed by atoms with Crippen LogP contribution < -0.4 is 0 Å². The monoisotopic (exact) mass is 333 g/mol. The number of hydrogen-bond donors (Lipinski definition) is 1. The number of aliphatic hydroxyl groups is 1. The Morgan fingerprint density at radius 1 is 1.42 bits per heavy atom. The summed E-state index contributed by atoms with van der Waals surface area (Å²) in [5, 5.41) is 21.5. The summed E-state index contributed by atoms with van der Waals surface area (Å²) in [5.74, 6) is 0.879. The van der Waals surface area contributed by atoms with E-state index in [0.29, 0.717) is 25.2 Å². The summed E-state index contributed by atoms with van der Waals surface area (Å²) in [5.41, 5.74) is 2.35. The predicted octanol–water partition coefficient (Wildman–Crippen LogP) is 1.07. The van der Waals surface area contributed by atoms with Crippen LogP contribution in [0, 0.1) is 0 Å². The van der Waals surface area contributed by atoms with Crippen LogP contribution in [-0.2, 0) is 24.1 Å². The van der Waals surface area contributed by atoms with E-state index < -0.39 is 6.10 Å². The molecular weight excluding hydrogens is 310 g/mol. The standard InChI is InChI=1S/C16H23N5O3/c1-4-13-12(15(5-2)24-18-13)6-16(23)20-7-11(8-20)21-9-14(10(3)22)17-19-21/h9-11,22H,4-8H2,1-3H3. The molecular formula is C16H23N5O3. The zero-order chi connectivity index (χ0) is 17.3. The van der Waals surface area contributed by atoms with Crippen LogP contribution in [0.15, 0.2) is 10.7 Å².